The quantitative estimate of drug-likeness (QED) is 0.319. The topological polar surface area (TPSA) is 167 Å². The number of pyridine rings is 1. The van der Waals surface area contributed by atoms with Gasteiger partial charge in [-0.25, -0.2) is 0 Å². The van der Waals surface area contributed by atoms with Crippen LogP contribution in [0.3, 0.4) is 0 Å². The van der Waals surface area contributed by atoms with E-state index in [-0.39, 0.29) is 11.7 Å². The van der Waals surface area contributed by atoms with Gasteiger partial charge < -0.3 is 32.1 Å². The van der Waals surface area contributed by atoms with Crippen molar-refractivity contribution >= 4 is 17.9 Å². The molecule has 0 aromatic carbocycles. The van der Waals surface area contributed by atoms with Gasteiger partial charge >= 0.3 is 0 Å². The van der Waals surface area contributed by atoms with Crippen LogP contribution >= 0.6 is 0 Å². The van der Waals surface area contributed by atoms with E-state index < -0.39 is 5.54 Å². The molecule has 0 bridgehead atoms. The monoisotopic (exact) mass is 313 g/mol. The fourth-order valence-electron chi connectivity index (χ4n) is 2.32. The summed E-state index contributed by atoms with van der Waals surface area (Å²) in [5.41, 5.74) is 12.5. The summed E-state index contributed by atoms with van der Waals surface area (Å²) in [6.45, 7) is 1.10. The molecule has 8 N–H and O–H groups in total. The Hall–Kier alpha value is -3.12. The van der Waals surface area contributed by atoms with Gasteiger partial charge in [-0.1, -0.05) is 0 Å². The average molecular weight is 313 g/mol. The van der Waals surface area contributed by atoms with Gasteiger partial charge in [-0.3, -0.25) is 5.41 Å². The Bertz CT molecular complexity index is 731. The number of hydrogen-bond acceptors (Lipinski definition) is 6. The van der Waals surface area contributed by atoms with E-state index in [1.165, 1.54) is 6.20 Å². The Morgan fingerprint density at radius 1 is 1.61 bits per heavy atom. The fourth-order valence-corrected chi connectivity index (χ4v) is 2.32. The zero-order chi connectivity index (χ0) is 16.9. The summed E-state index contributed by atoms with van der Waals surface area (Å²) in [5, 5.41) is 26.4. The minimum absolute atomic E-state index is 0.148. The number of nitrogens with one attached hydrogen (secondary N) is 4. The maximum atomic E-state index is 8.78. The van der Waals surface area contributed by atoms with Gasteiger partial charge in [0.05, 0.1) is 29.4 Å². The predicted molar refractivity (Wildman–Crippen MR) is 87.6 cm³/mol. The van der Waals surface area contributed by atoms with Crippen LogP contribution in [0, 0.1) is 22.1 Å². The highest BCUT2D eigenvalue weighted by Crippen LogP contribution is 2.25. The second-order valence-electron chi connectivity index (χ2n) is 5.31. The van der Waals surface area contributed by atoms with Crippen molar-refractivity contribution in [2.45, 2.75) is 12.0 Å². The van der Waals surface area contributed by atoms with Crippen LogP contribution in [0.1, 0.15) is 6.42 Å². The molecule has 0 atom stereocenters. The van der Waals surface area contributed by atoms with Crippen LogP contribution < -0.4 is 27.2 Å². The van der Waals surface area contributed by atoms with Gasteiger partial charge in [0.15, 0.2) is 5.49 Å². The van der Waals surface area contributed by atoms with Gasteiger partial charge in [-0.2, -0.15) is 10.3 Å². The molecule has 2 heterocycles. The Balaban J connectivity index is 2.19. The summed E-state index contributed by atoms with van der Waals surface area (Å²) in [6.07, 6.45) is 4.19. The van der Waals surface area contributed by atoms with Crippen LogP contribution in [0.5, 0.6) is 0 Å². The molecule has 1 aliphatic rings. The average Bonchev–Trinajstić information content (AvgIpc) is 2.51. The Kier molecular flexibility index (Phi) is 4.78. The summed E-state index contributed by atoms with van der Waals surface area (Å²) >= 11 is 0. The highest BCUT2D eigenvalue weighted by atomic mass is 15.3. The number of anilines is 1. The van der Waals surface area contributed by atoms with Gasteiger partial charge in [0.2, 0.25) is 5.96 Å². The number of aromatic amines is 1. The maximum Gasteiger partial charge on any atom is 0.221 e. The first-order valence-electron chi connectivity index (χ1n) is 6.92. The predicted octanol–water partition coefficient (Wildman–Crippen LogP) is -0.679. The van der Waals surface area contributed by atoms with Crippen molar-refractivity contribution in [2.75, 3.05) is 18.0 Å². The van der Waals surface area contributed by atoms with Crippen molar-refractivity contribution in [3.8, 4) is 6.07 Å². The van der Waals surface area contributed by atoms with Crippen LogP contribution in [0.15, 0.2) is 35.2 Å². The minimum atomic E-state index is -0.497. The molecule has 1 aliphatic heterocycles. The summed E-state index contributed by atoms with van der Waals surface area (Å²) in [5.74, 6) is -0.148. The van der Waals surface area contributed by atoms with Crippen molar-refractivity contribution in [2.24, 2.45) is 16.5 Å². The molecule has 1 saturated heterocycles. The molecule has 9 nitrogen and oxygen atoms in total. The molecule has 0 radical (unpaired) electrons. The smallest absolute Gasteiger partial charge is 0.221 e. The summed E-state index contributed by atoms with van der Waals surface area (Å²) in [6, 6.07) is 5.79. The number of guanidine groups is 1. The van der Waals surface area contributed by atoms with Gasteiger partial charge in [-0.15, -0.1) is 0 Å². The Labute approximate surface area is 133 Å². The third-order valence-corrected chi connectivity index (χ3v) is 3.42. The Morgan fingerprint density at radius 3 is 2.96 bits per heavy atom. The van der Waals surface area contributed by atoms with Crippen molar-refractivity contribution in [3.63, 3.8) is 0 Å². The van der Waals surface area contributed by atoms with Crippen molar-refractivity contribution in [1.82, 2.24) is 10.3 Å². The summed E-state index contributed by atoms with van der Waals surface area (Å²) in [7, 11) is 0. The zero-order valence-corrected chi connectivity index (χ0v) is 12.5. The first-order valence-corrected chi connectivity index (χ1v) is 6.92. The number of nitriles is 1. The highest BCUT2D eigenvalue weighted by Gasteiger charge is 2.39. The zero-order valence-electron chi connectivity index (χ0n) is 12.5. The Morgan fingerprint density at radius 2 is 2.35 bits per heavy atom. The molecule has 120 valence electrons. The lowest BCUT2D eigenvalue weighted by atomic mass is 9.88. The molecular weight excluding hydrogens is 294 g/mol. The van der Waals surface area contributed by atoms with E-state index >= 15 is 0 Å². The number of rotatable bonds is 4. The summed E-state index contributed by atoms with van der Waals surface area (Å²) < 4.78 is 0. The number of allylic oxidation sites excluding steroid dienone is 1. The van der Waals surface area contributed by atoms with E-state index in [1.807, 2.05) is 17.0 Å². The molecule has 0 spiro atoms. The van der Waals surface area contributed by atoms with Gasteiger partial charge in [0.25, 0.3) is 0 Å². The number of H-pyrrole nitrogens is 1. The number of nitrogens with zero attached hydrogens (tertiary/aromatic N) is 3. The number of hydrogen-bond donors (Lipinski definition) is 6. The lowest BCUT2D eigenvalue weighted by Gasteiger charge is -2.47. The maximum absolute atomic E-state index is 8.78. The van der Waals surface area contributed by atoms with Crippen LogP contribution in [-0.4, -0.2) is 35.8 Å². The first kappa shape index (κ1) is 16.3. The summed E-state index contributed by atoms with van der Waals surface area (Å²) in [4.78, 5) is 9.14. The lowest BCUT2D eigenvalue weighted by molar-refractivity contribution is 0.338. The van der Waals surface area contributed by atoms with Crippen molar-refractivity contribution in [3.05, 3.63) is 35.7 Å². The van der Waals surface area contributed by atoms with E-state index in [4.69, 9.17) is 27.5 Å². The normalized spacial score (nSPS) is 17.1. The van der Waals surface area contributed by atoms with Crippen LogP contribution in [0.2, 0.25) is 0 Å². The minimum Gasteiger partial charge on any atom is -0.403 e. The third-order valence-electron chi connectivity index (χ3n) is 3.42. The first-order chi connectivity index (χ1) is 11.0. The van der Waals surface area contributed by atoms with Gasteiger partial charge in [0, 0.05) is 31.7 Å². The molecule has 0 amide bonds. The van der Waals surface area contributed by atoms with E-state index in [9.17, 15) is 0 Å². The van der Waals surface area contributed by atoms with Crippen molar-refractivity contribution in [1.29, 1.82) is 16.1 Å². The van der Waals surface area contributed by atoms with Crippen LogP contribution in [0.4, 0.5) is 5.69 Å². The lowest BCUT2D eigenvalue weighted by Crippen LogP contribution is -2.68. The molecule has 9 heteroatoms. The standard InChI is InChI=1S/C14H19N9/c15-4-3-14(19)8-23(9-14)11-2-1-5-20-12(11)22-13(18)21-10(6-16)7-17/h1-2,5-7,16H,3,8-9,17,19H2,(H3,18,20,21,22)/b10-7+,16-6?. The SMILES string of the molecule is N#CCC1(N)CN(c2ccc[nH]/c2=N\C(=N)N/C(C=N)=C/N)C1. The van der Waals surface area contributed by atoms with E-state index in [1.54, 1.807) is 6.20 Å². The molecule has 0 saturated carbocycles. The van der Waals surface area contributed by atoms with E-state index in [2.05, 4.69) is 21.4 Å². The number of nitrogens with two attached hydrogens (primary N) is 2. The fraction of sp³-hybridized carbons (Fsp3) is 0.286. The molecule has 23 heavy (non-hydrogen) atoms. The third kappa shape index (κ3) is 3.75. The van der Waals surface area contributed by atoms with Crippen LogP contribution in [-0.2, 0) is 0 Å². The molecule has 0 unspecified atom stereocenters. The molecule has 1 aromatic heterocycles. The molecule has 0 aliphatic carbocycles. The van der Waals surface area contributed by atoms with Crippen molar-refractivity contribution < 1.29 is 0 Å². The molecule has 2 rings (SSSR count). The second kappa shape index (κ2) is 6.76. The highest BCUT2D eigenvalue weighted by molar-refractivity contribution is 5.87. The largest absolute Gasteiger partial charge is 0.403 e. The van der Waals surface area contributed by atoms with E-state index in [0.717, 1.165) is 11.9 Å². The second-order valence-corrected chi connectivity index (χ2v) is 5.31. The molecular formula is C14H19N9. The van der Waals surface area contributed by atoms with Gasteiger partial charge in [-0.05, 0) is 12.1 Å². The molecule has 1 aromatic rings. The van der Waals surface area contributed by atoms with E-state index in [0.29, 0.717) is 25.0 Å². The van der Waals surface area contributed by atoms with Crippen LogP contribution in [0.25, 0.3) is 0 Å². The van der Waals surface area contributed by atoms with Gasteiger partial charge in [0.1, 0.15) is 0 Å². The molecule has 1 fully saturated rings. The number of aromatic nitrogens is 1.